The van der Waals surface area contributed by atoms with Gasteiger partial charge in [0.1, 0.15) is 11.5 Å². The molecule has 2 saturated heterocycles. The van der Waals surface area contributed by atoms with E-state index in [9.17, 15) is 9.90 Å². The first kappa shape index (κ1) is 26.5. The van der Waals surface area contributed by atoms with Gasteiger partial charge in [0.15, 0.2) is 0 Å². The number of aromatic nitrogens is 3. The molecular formula is C30H28Cl2N4O5. The van der Waals surface area contributed by atoms with Gasteiger partial charge in [-0.25, -0.2) is 4.79 Å². The number of carboxylic acids is 1. The number of aryl methyl sites for hydroxylation is 1. The van der Waals surface area contributed by atoms with Crippen LogP contribution < -0.4 is 4.90 Å². The van der Waals surface area contributed by atoms with E-state index in [-0.39, 0.29) is 23.8 Å². The summed E-state index contributed by atoms with van der Waals surface area (Å²) in [6.07, 6.45) is 5.95. The molecule has 3 atom stereocenters. The molecule has 2 aromatic heterocycles. The fraction of sp³-hybridized carbons (Fsp3) is 0.400. The predicted molar refractivity (Wildman–Crippen MR) is 152 cm³/mol. The molecule has 9 nitrogen and oxygen atoms in total. The molecular weight excluding hydrogens is 567 g/mol. The summed E-state index contributed by atoms with van der Waals surface area (Å²) in [6.45, 7) is 2.14. The zero-order chi connectivity index (χ0) is 28.2. The lowest BCUT2D eigenvalue weighted by Gasteiger charge is -2.37. The molecule has 4 aromatic rings. The topological polar surface area (TPSA) is 115 Å². The second-order valence-electron chi connectivity index (χ2n) is 11.2. The molecule has 2 bridgehead atoms. The molecule has 3 fully saturated rings. The Morgan fingerprint density at radius 2 is 1.78 bits per heavy atom. The van der Waals surface area contributed by atoms with Crippen LogP contribution in [0.3, 0.4) is 0 Å². The van der Waals surface area contributed by atoms with Crippen molar-refractivity contribution in [2.24, 2.45) is 0 Å². The summed E-state index contributed by atoms with van der Waals surface area (Å²) in [6, 6.07) is 11.4. The molecule has 212 valence electrons. The van der Waals surface area contributed by atoms with Crippen molar-refractivity contribution >= 4 is 35.2 Å². The average Bonchev–Trinajstić information content (AvgIpc) is 3.41. The summed E-state index contributed by atoms with van der Waals surface area (Å²) < 4.78 is 18.1. The molecule has 0 unspecified atom stereocenters. The number of aromatic carboxylic acids is 1. The van der Waals surface area contributed by atoms with E-state index in [1.165, 1.54) is 0 Å². The number of benzene rings is 2. The maximum atomic E-state index is 11.4. The maximum Gasteiger partial charge on any atom is 0.335 e. The van der Waals surface area contributed by atoms with E-state index < -0.39 is 5.97 Å². The fourth-order valence-corrected chi connectivity index (χ4v) is 6.88. The highest BCUT2D eigenvalue weighted by Crippen LogP contribution is 2.47. The Kier molecular flexibility index (Phi) is 6.76. The number of carbonyl (C=O) groups is 1. The van der Waals surface area contributed by atoms with E-state index in [1.807, 2.05) is 18.2 Å². The van der Waals surface area contributed by atoms with Gasteiger partial charge in [-0.15, -0.1) is 0 Å². The minimum atomic E-state index is -0.957. The second kappa shape index (κ2) is 10.5. The van der Waals surface area contributed by atoms with Crippen LogP contribution in [0.1, 0.15) is 71.7 Å². The number of halogens is 2. The van der Waals surface area contributed by atoms with Crippen molar-refractivity contribution in [1.29, 1.82) is 0 Å². The highest BCUT2D eigenvalue weighted by molar-refractivity contribution is 6.39. The van der Waals surface area contributed by atoms with Gasteiger partial charge < -0.3 is 23.8 Å². The summed E-state index contributed by atoms with van der Waals surface area (Å²) in [5, 5.41) is 19.0. The number of fused-ring (bicyclic) bond motifs is 2. The Hall–Kier alpha value is -3.40. The number of anilines is 1. The second-order valence-corrected chi connectivity index (χ2v) is 12.0. The van der Waals surface area contributed by atoms with Crippen LogP contribution in [0.5, 0.6) is 0 Å². The van der Waals surface area contributed by atoms with E-state index in [0.717, 1.165) is 55.4 Å². The number of nitrogens with zero attached hydrogens (tertiary/aromatic N) is 4. The smallest absolute Gasteiger partial charge is 0.335 e. The number of hydrogen-bond acceptors (Lipinski definition) is 8. The third-order valence-corrected chi connectivity index (χ3v) is 9.10. The molecule has 1 N–H and O–H groups in total. The van der Waals surface area contributed by atoms with Crippen molar-refractivity contribution < 1.29 is 23.7 Å². The lowest BCUT2D eigenvalue weighted by atomic mass is 9.99. The van der Waals surface area contributed by atoms with Crippen LogP contribution in [-0.4, -0.2) is 44.6 Å². The molecule has 41 heavy (non-hydrogen) atoms. The van der Waals surface area contributed by atoms with Gasteiger partial charge in [0.05, 0.1) is 28.3 Å². The molecule has 0 spiro atoms. The lowest BCUT2D eigenvalue weighted by molar-refractivity contribution is 0.0138. The largest absolute Gasteiger partial charge is 0.478 e. The van der Waals surface area contributed by atoms with E-state index in [1.54, 1.807) is 25.1 Å². The zero-order valence-corrected chi connectivity index (χ0v) is 23.9. The summed E-state index contributed by atoms with van der Waals surface area (Å²) in [7, 11) is 0. The van der Waals surface area contributed by atoms with Gasteiger partial charge in [-0.1, -0.05) is 45.6 Å². The third-order valence-electron chi connectivity index (χ3n) is 8.47. The predicted octanol–water partition coefficient (Wildman–Crippen LogP) is 7.30. The van der Waals surface area contributed by atoms with Crippen LogP contribution in [0, 0.1) is 6.92 Å². The van der Waals surface area contributed by atoms with Crippen molar-refractivity contribution in [3.05, 3.63) is 68.9 Å². The van der Waals surface area contributed by atoms with Gasteiger partial charge in [0, 0.05) is 34.7 Å². The number of ether oxygens (including phenoxy) is 1. The number of rotatable bonds is 8. The molecule has 11 heteroatoms. The van der Waals surface area contributed by atoms with Crippen molar-refractivity contribution in [1.82, 2.24) is 15.3 Å². The highest BCUT2D eigenvalue weighted by Gasteiger charge is 2.44. The Balaban J connectivity index is 1.07. The van der Waals surface area contributed by atoms with Crippen molar-refractivity contribution in [2.75, 3.05) is 4.90 Å². The summed E-state index contributed by atoms with van der Waals surface area (Å²) in [5.74, 6) is 0.733. The molecule has 4 heterocycles. The minimum Gasteiger partial charge on any atom is -0.478 e. The van der Waals surface area contributed by atoms with Gasteiger partial charge in [-0.3, -0.25) is 0 Å². The monoisotopic (exact) mass is 594 g/mol. The van der Waals surface area contributed by atoms with Crippen molar-refractivity contribution in [3.8, 4) is 22.6 Å². The molecule has 0 radical (unpaired) electrons. The normalized spacial score (nSPS) is 21.9. The van der Waals surface area contributed by atoms with Crippen LogP contribution >= 0.6 is 23.2 Å². The van der Waals surface area contributed by atoms with Gasteiger partial charge >= 0.3 is 12.0 Å². The molecule has 7 rings (SSSR count). The van der Waals surface area contributed by atoms with E-state index in [2.05, 4.69) is 20.2 Å². The van der Waals surface area contributed by atoms with Crippen LogP contribution in [0.25, 0.3) is 22.6 Å². The van der Waals surface area contributed by atoms with Crippen LogP contribution in [0.2, 0.25) is 10.0 Å². The van der Waals surface area contributed by atoms with E-state index in [0.29, 0.717) is 51.2 Å². The van der Waals surface area contributed by atoms with Gasteiger partial charge in [0.2, 0.25) is 5.82 Å². The zero-order valence-electron chi connectivity index (χ0n) is 22.3. The SMILES string of the molecule is Cc1cc(-c2noc(N3[C@@H]4CC[C@H]3C[C@@H](OCc3c(-c5c(Cl)cccc5Cl)noc3C3CC3)C4)n2)ccc1C(=O)O. The van der Waals surface area contributed by atoms with E-state index >= 15 is 0 Å². The number of carboxylic acid groups (broad SMARTS) is 1. The van der Waals surface area contributed by atoms with E-state index in [4.69, 9.17) is 37.0 Å². The Bertz CT molecular complexity index is 1600. The van der Waals surface area contributed by atoms with Crippen molar-refractivity contribution in [3.63, 3.8) is 0 Å². The lowest BCUT2D eigenvalue weighted by Crippen LogP contribution is -2.45. The van der Waals surface area contributed by atoms with Gasteiger partial charge in [-0.2, -0.15) is 4.98 Å². The first-order chi connectivity index (χ1) is 19.9. The molecule has 1 aliphatic carbocycles. The molecule has 3 aliphatic rings. The van der Waals surface area contributed by atoms with Gasteiger partial charge in [-0.05, 0) is 75.3 Å². The average molecular weight is 595 g/mol. The standard InChI is InChI=1S/C30H28Cl2N4O5/c1-15-11-17(7-10-21(15)29(37)38)28-33-30(41-35-28)36-18-8-9-19(36)13-20(12-18)39-14-22-26(34-40-27(22)16-5-6-16)25-23(31)3-2-4-24(25)32/h2-4,7,10-11,16,18-20H,5-6,8-9,12-14H2,1H3,(H,37,38)/t18-,19+,20+. The third kappa shape index (κ3) is 4.90. The number of hydrogen-bond donors (Lipinski definition) is 1. The quantitative estimate of drug-likeness (QED) is 0.224. The summed E-state index contributed by atoms with van der Waals surface area (Å²) in [4.78, 5) is 18.3. The van der Waals surface area contributed by atoms with Crippen LogP contribution in [0.15, 0.2) is 45.4 Å². The molecule has 0 amide bonds. The Morgan fingerprint density at radius 1 is 1.05 bits per heavy atom. The molecule has 1 saturated carbocycles. The molecule has 2 aromatic carbocycles. The minimum absolute atomic E-state index is 0.0638. The van der Waals surface area contributed by atoms with Gasteiger partial charge in [0.25, 0.3) is 0 Å². The summed E-state index contributed by atoms with van der Waals surface area (Å²) in [5.41, 5.74) is 3.91. The first-order valence-electron chi connectivity index (χ1n) is 13.9. The fourth-order valence-electron chi connectivity index (χ4n) is 6.31. The van der Waals surface area contributed by atoms with Crippen LogP contribution in [0.4, 0.5) is 6.01 Å². The molecule has 2 aliphatic heterocycles. The highest BCUT2D eigenvalue weighted by atomic mass is 35.5. The Morgan fingerprint density at radius 3 is 2.44 bits per heavy atom. The summed E-state index contributed by atoms with van der Waals surface area (Å²) >= 11 is 13.0. The number of piperidine rings is 1. The Labute approximate surface area is 246 Å². The van der Waals surface area contributed by atoms with Crippen LogP contribution in [-0.2, 0) is 11.3 Å². The first-order valence-corrected chi connectivity index (χ1v) is 14.6. The van der Waals surface area contributed by atoms with Crippen molar-refractivity contribution in [2.45, 2.75) is 76.2 Å². The maximum absolute atomic E-state index is 11.4.